The van der Waals surface area contributed by atoms with Gasteiger partial charge in [-0.05, 0) is 47.2 Å². The van der Waals surface area contributed by atoms with Gasteiger partial charge in [-0.25, -0.2) is 0 Å². The van der Waals surface area contributed by atoms with Gasteiger partial charge >= 0.3 is 0 Å². The van der Waals surface area contributed by atoms with Gasteiger partial charge in [0, 0.05) is 26.9 Å². The first-order valence-electron chi connectivity index (χ1n) is 10.2. The van der Waals surface area contributed by atoms with Crippen molar-refractivity contribution in [3.63, 3.8) is 0 Å². The van der Waals surface area contributed by atoms with Gasteiger partial charge in [0.1, 0.15) is 11.5 Å². The lowest BCUT2D eigenvalue weighted by Crippen LogP contribution is -1.99. The summed E-state index contributed by atoms with van der Waals surface area (Å²) in [5, 5.41) is 9.87. The predicted molar refractivity (Wildman–Crippen MR) is 119 cm³/mol. The quantitative estimate of drug-likeness (QED) is 0.231. The molecule has 0 aliphatic rings. The van der Waals surface area contributed by atoms with Gasteiger partial charge in [0.05, 0.1) is 13.2 Å². The van der Waals surface area contributed by atoms with Crippen molar-refractivity contribution in [3.05, 3.63) is 60.7 Å². The number of benzene rings is 5. The summed E-state index contributed by atoms with van der Waals surface area (Å²) in [5.74, 6) is 1.96. The highest BCUT2D eigenvalue weighted by atomic mass is 16.5. The molecule has 0 bridgehead atoms. The minimum atomic E-state index is 0.721. The summed E-state index contributed by atoms with van der Waals surface area (Å²) in [6, 6.07) is 21.7. The molecule has 5 aromatic rings. The SMILES string of the molecule is CCCOc1ccc2ccc3c(OCCC)c4ccccc4c4ccc1c2c34. The first-order valence-corrected chi connectivity index (χ1v) is 10.2. The second-order valence-corrected chi connectivity index (χ2v) is 7.38. The van der Waals surface area contributed by atoms with E-state index in [-0.39, 0.29) is 0 Å². The second kappa shape index (κ2) is 6.87. The maximum atomic E-state index is 6.29. The summed E-state index contributed by atoms with van der Waals surface area (Å²) >= 11 is 0. The zero-order valence-corrected chi connectivity index (χ0v) is 16.4. The molecule has 0 N–H and O–H groups in total. The molecule has 5 aromatic carbocycles. The Morgan fingerprint density at radius 3 is 2.07 bits per heavy atom. The summed E-state index contributed by atoms with van der Waals surface area (Å²) in [7, 11) is 0. The van der Waals surface area contributed by atoms with Crippen molar-refractivity contribution in [3.8, 4) is 11.5 Å². The van der Waals surface area contributed by atoms with Crippen molar-refractivity contribution in [2.24, 2.45) is 0 Å². The lowest BCUT2D eigenvalue weighted by molar-refractivity contribution is 0.321. The van der Waals surface area contributed by atoms with Crippen molar-refractivity contribution < 1.29 is 9.47 Å². The zero-order chi connectivity index (χ0) is 19.1. The van der Waals surface area contributed by atoms with E-state index in [1.165, 1.54) is 43.1 Å². The molecule has 5 rings (SSSR count). The van der Waals surface area contributed by atoms with E-state index in [0.717, 1.165) is 37.6 Å². The van der Waals surface area contributed by atoms with Crippen LogP contribution in [0.1, 0.15) is 26.7 Å². The third kappa shape index (κ3) is 2.48. The van der Waals surface area contributed by atoms with Gasteiger partial charge in [-0.3, -0.25) is 0 Å². The fourth-order valence-corrected chi connectivity index (χ4v) is 4.29. The second-order valence-electron chi connectivity index (χ2n) is 7.38. The van der Waals surface area contributed by atoms with E-state index in [0.29, 0.717) is 0 Å². The molecule has 0 atom stereocenters. The van der Waals surface area contributed by atoms with Gasteiger partial charge in [0.25, 0.3) is 0 Å². The van der Waals surface area contributed by atoms with Crippen LogP contribution in [0.2, 0.25) is 0 Å². The van der Waals surface area contributed by atoms with Gasteiger partial charge in [0.15, 0.2) is 0 Å². The fraction of sp³-hybridized carbons (Fsp3) is 0.231. The summed E-state index contributed by atoms with van der Waals surface area (Å²) in [5.41, 5.74) is 0. The van der Waals surface area contributed by atoms with Gasteiger partial charge in [0.2, 0.25) is 0 Å². The van der Waals surface area contributed by atoms with Crippen molar-refractivity contribution in [1.29, 1.82) is 0 Å². The van der Waals surface area contributed by atoms with Crippen LogP contribution < -0.4 is 9.47 Å². The molecular weight excluding hydrogens is 344 g/mol. The lowest BCUT2D eigenvalue weighted by Gasteiger charge is -2.19. The van der Waals surface area contributed by atoms with Crippen molar-refractivity contribution in [2.45, 2.75) is 26.7 Å². The van der Waals surface area contributed by atoms with Gasteiger partial charge in [-0.15, -0.1) is 0 Å². The van der Waals surface area contributed by atoms with Crippen LogP contribution in [0.3, 0.4) is 0 Å². The standard InChI is InChI=1S/C26H24O2/c1-3-15-27-23-14-10-17-9-11-22-25-19(12-13-21(23)24(17)25)18-7-5-6-8-20(18)26(22)28-16-4-2/h5-14H,3-4,15-16H2,1-2H3. The first-order chi connectivity index (χ1) is 13.8. The fourth-order valence-electron chi connectivity index (χ4n) is 4.29. The van der Waals surface area contributed by atoms with E-state index in [4.69, 9.17) is 9.47 Å². The summed E-state index contributed by atoms with van der Waals surface area (Å²) in [6.07, 6.45) is 1.99. The summed E-state index contributed by atoms with van der Waals surface area (Å²) in [6.45, 7) is 5.74. The molecule has 0 heterocycles. The molecule has 0 spiro atoms. The molecule has 2 nitrogen and oxygen atoms in total. The molecule has 0 fully saturated rings. The lowest BCUT2D eigenvalue weighted by atomic mass is 9.90. The molecule has 0 saturated carbocycles. The third-order valence-corrected chi connectivity index (χ3v) is 5.49. The molecule has 0 aromatic heterocycles. The molecule has 0 radical (unpaired) electrons. The average Bonchev–Trinajstić information content (AvgIpc) is 2.75. The van der Waals surface area contributed by atoms with Gasteiger partial charge in [-0.1, -0.05) is 56.3 Å². The number of ether oxygens (including phenoxy) is 2. The molecule has 2 heteroatoms. The van der Waals surface area contributed by atoms with Gasteiger partial charge in [-0.2, -0.15) is 0 Å². The molecule has 0 amide bonds. The zero-order valence-electron chi connectivity index (χ0n) is 16.4. The molecule has 0 unspecified atom stereocenters. The first kappa shape index (κ1) is 17.1. The number of hydrogen-bond acceptors (Lipinski definition) is 2. The summed E-state index contributed by atoms with van der Waals surface area (Å²) in [4.78, 5) is 0. The van der Waals surface area contributed by atoms with Crippen LogP contribution in [0.4, 0.5) is 0 Å². The highest BCUT2D eigenvalue weighted by Crippen LogP contribution is 2.45. The Balaban J connectivity index is 1.94. The van der Waals surface area contributed by atoms with Crippen LogP contribution in [0, 0.1) is 0 Å². The van der Waals surface area contributed by atoms with E-state index < -0.39 is 0 Å². The Morgan fingerprint density at radius 1 is 0.571 bits per heavy atom. The molecule has 0 saturated heterocycles. The van der Waals surface area contributed by atoms with E-state index in [2.05, 4.69) is 74.5 Å². The Hall–Kier alpha value is -3.00. The van der Waals surface area contributed by atoms with Crippen molar-refractivity contribution in [2.75, 3.05) is 13.2 Å². The van der Waals surface area contributed by atoms with E-state index in [9.17, 15) is 0 Å². The molecule has 0 aliphatic carbocycles. The molecule has 28 heavy (non-hydrogen) atoms. The van der Waals surface area contributed by atoms with Crippen LogP contribution in [0.25, 0.3) is 43.1 Å². The average molecular weight is 368 g/mol. The van der Waals surface area contributed by atoms with Gasteiger partial charge < -0.3 is 9.47 Å². The van der Waals surface area contributed by atoms with Crippen molar-refractivity contribution >= 4 is 43.1 Å². The number of rotatable bonds is 6. The Bertz CT molecular complexity index is 1290. The van der Waals surface area contributed by atoms with E-state index in [1.807, 2.05) is 0 Å². The van der Waals surface area contributed by atoms with E-state index >= 15 is 0 Å². The van der Waals surface area contributed by atoms with Crippen LogP contribution in [0.5, 0.6) is 11.5 Å². The molecular formula is C26H24O2. The van der Waals surface area contributed by atoms with E-state index in [1.54, 1.807) is 0 Å². The van der Waals surface area contributed by atoms with Crippen LogP contribution in [0.15, 0.2) is 60.7 Å². The van der Waals surface area contributed by atoms with Crippen LogP contribution in [-0.4, -0.2) is 13.2 Å². The topological polar surface area (TPSA) is 18.5 Å². The minimum Gasteiger partial charge on any atom is -0.493 e. The monoisotopic (exact) mass is 368 g/mol. The number of hydrogen-bond donors (Lipinski definition) is 0. The third-order valence-electron chi connectivity index (χ3n) is 5.49. The Labute approximate surface area is 165 Å². The molecule has 140 valence electrons. The van der Waals surface area contributed by atoms with Crippen LogP contribution >= 0.6 is 0 Å². The Kier molecular flexibility index (Phi) is 4.20. The number of fused-ring (bicyclic) bond motifs is 2. The smallest absolute Gasteiger partial charge is 0.134 e. The predicted octanol–water partition coefficient (Wildman–Crippen LogP) is 7.31. The maximum absolute atomic E-state index is 6.29. The normalized spacial score (nSPS) is 11.8. The van der Waals surface area contributed by atoms with Crippen molar-refractivity contribution in [1.82, 2.24) is 0 Å². The highest BCUT2D eigenvalue weighted by molar-refractivity contribution is 6.31. The maximum Gasteiger partial charge on any atom is 0.134 e. The largest absolute Gasteiger partial charge is 0.493 e. The Morgan fingerprint density at radius 2 is 1.25 bits per heavy atom. The molecule has 0 aliphatic heterocycles. The summed E-state index contributed by atoms with van der Waals surface area (Å²) < 4.78 is 12.4. The highest BCUT2D eigenvalue weighted by Gasteiger charge is 2.18. The minimum absolute atomic E-state index is 0.721. The van der Waals surface area contributed by atoms with Crippen LogP contribution in [-0.2, 0) is 0 Å².